The van der Waals surface area contributed by atoms with Crippen LogP contribution in [0.5, 0.6) is 0 Å². The number of ether oxygens (including phenoxy) is 1. The minimum absolute atomic E-state index is 0.181. The number of hydrogen-bond acceptors (Lipinski definition) is 3. The Labute approximate surface area is 166 Å². The summed E-state index contributed by atoms with van der Waals surface area (Å²) in [5.41, 5.74) is 2.55. The van der Waals surface area contributed by atoms with Crippen molar-refractivity contribution >= 4 is 27.7 Å². The molecule has 3 rings (SSSR count). The fraction of sp³-hybridized carbons (Fsp3) is 0.667. The molecular formula is C21H31BrN2O2. The maximum atomic E-state index is 12.3. The first kappa shape index (κ1) is 19.5. The molecule has 2 heterocycles. The summed E-state index contributed by atoms with van der Waals surface area (Å²) < 4.78 is 6.67. The number of likely N-dealkylation sites (tertiary alicyclic amines) is 1. The van der Waals surface area contributed by atoms with E-state index < -0.39 is 5.60 Å². The van der Waals surface area contributed by atoms with Crippen molar-refractivity contribution in [2.45, 2.75) is 70.9 Å². The van der Waals surface area contributed by atoms with E-state index in [2.05, 4.69) is 52.9 Å². The molecule has 1 aromatic carbocycles. The third-order valence-electron chi connectivity index (χ3n) is 5.53. The summed E-state index contributed by atoms with van der Waals surface area (Å²) in [6.45, 7) is 13.0. The predicted molar refractivity (Wildman–Crippen MR) is 110 cm³/mol. The summed E-state index contributed by atoms with van der Waals surface area (Å²) in [6.07, 6.45) is 2.97. The van der Waals surface area contributed by atoms with Gasteiger partial charge in [-0.2, -0.15) is 0 Å². The lowest BCUT2D eigenvalue weighted by Gasteiger charge is -2.46. The van der Waals surface area contributed by atoms with Crippen LogP contribution in [0.3, 0.4) is 0 Å². The van der Waals surface area contributed by atoms with Gasteiger partial charge in [-0.3, -0.25) is 0 Å². The van der Waals surface area contributed by atoms with Crippen LogP contribution >= 0.6 is 15.9 Å². The number of anilines is 1. The number of carbonyl (C=O) groups excluding carboxylic acids is 1. The van der Waals surface area contributed by atoms with Gasteiger partial charge in [0.2, 0.25) is 0 Å². The van der Waals surface area contributed by atoms with Crippen LogP contribution in [-0.4, -0.2) is 42.3 Å². The molecule has 26 heavy (non-hydrogen) atoms. The highest BCUT2D eigenvalue weighted by molar-refractivity contribution is 9.10. The van der Waals surface area contributed by atoms with Gasteiger partial charge in [-0.25, -0.2) is 4.79 Å². The topological polar surface area (TPSA) is 32.8 Å². The Morgan fingerprint density at radius 2 is 1.85 bits per heavy atom. The SMILES string of the molecule is CC(C)(C)OC(=O)N1CCC(N2CCC(C)(C)c3cc(Br)ccc32)CC1. The zero-order valence-electron chi connectivity index (χ0n) is 16.6. The Morgan fingerprint density at radius 3 is 2.46 bits per heavy atom. The minimum atomic E-state index is -0.432. The van der Waals surface area contributed by atoms with Gasteiger partial charge in [0, 0.05) is 35.8 Å². The Hall–Kier alpha value is -1.23. The highest BCUT2D eigenvalue weighted by Crippen LogP contribution is 2.42. The summed E-state index contributed by atoms with van der Waals surface area (Å²) in [6, 6.07) is 7.16. The van der Waals surface area contributed by atoms with E-state index in [0.717, 1.165) is 43.4 Å². The number of carbonyl (C=O) groups is 1. The number of fused-ring (bicyclic) bond motifs is 1. The van der Waals surface area contributed by atoms with Gasteiger partial charge < -0.3 is 14.5 Å². The number of hydrogen-bond donors (Lipinski definition) is 0. The number of halogens is 1. The highest BCUT2D eigenvalue weighted by atomic mass is 79.9. The third kappa shape index (κ3) is 4.19. The van der Waals surface area contributed by atoms with E-state index >= 15 is 0 Å². The van der Waals surface area contributed by atoms with Crippen molar-refractivity contribution in [3.8, 4) is 0 Å². The molecule has 1 saturated heterocycles. The van der Waals surface area contributed by atoms with Crippen LogP contribution in [0.25, 0.3) is 0 Å². The van der Waals surface area contributed by atoms with Crippen molar-refractivity contribution in [3.05, 3.63) is 28.2 Å². The summed E-state index contributed by atoms with van der Waals surface area (Å²) in [5.74, 6) is 0. The van der Waals surface area contributed by atoms with Crippen LogP contribution in [0.4, 0.5) is 10.5 Å². The average molecular weight is 423 g/mol. The summed E-state index contributed by atoms with van der Waals surface area (Å²) >= 11 is 3.63. The zero-order valence-corrected chi connectivity index (χ0v) is 18.2. The van der Waals surface area contributed by atoms with Crippen LogP contribution in [0, 0.1) is 0 Å². The average Bonchev–Trinajstić information content (AvgIpc) is 2.54. The van der Waals surface area contributed by atoms with Crippen molar-refractivity contribution < 1.29 is 9.53 Å². The van der Waals surface area contributed by atoms with Crippen LogP contribution < -0.4 is 4.90 Å². The Bertz CT molecular complexity index is 673. The fourth-order valence-corrected chi connectivity index (χ4v) is 4.38. The monoisotopic (exact) mass is 422 g/mol. The first-order chi connectivity index (χ1) is 12.1. The molecule has 1 fully saturated rings. The second kappa shape index (κ2) is 7.06. The predicted octanol–water partition coefficient (Wildman–Crippen LogP) is 5.34. The number of nitrogens with zero attached hydrogens (tertiary/aromatic N) is 2. The second-order valence-electron chi connectivity index (χ2n) is 9.19. The lowest BCUT2D eigenvalue weighted by atomic mass is 9.77. The molecule has 0 bridgehead atoms. The minimum Gasteiger partial charge on any atom is -0.444 e. The smallest absolute Gasteiger partial charge is 0.410 e. The van der Waals surface area contributed by atoms with Gasteiger partial charge >= 0.3 is 6.09 Å². The van der Waals surface area contributed by atoms with Crippen molar-refractivity contribution in [3.63, 3.8) is 0 Å². The molecule has 0 spiro atoms. The summed E-state index contributed by atoms with van der Waals surface area (Å²) in [7, 11) is 0. The molecule has 0 saturated carbocycles. The maximum Gasteiger partial charge on any atom is 0.410 e. The number of piperidine rings is 1. The molecule has 2 aliphatic rings. The Balaban J connectivity index is 1.70. The van der Waals surface area contributed by atoms with Crippen molar-refractivity contribution in [1.82, 2.24) is 4.90 Å². The molecule has 1 aromatic rings. The van der Waals surface area contributed by atoms with E-state index in [1.54, 1.807) is 0 Å². The normalized spacial score (nSPS) is 20.7. The maximum absolute atomic E-state index is 12.3. The lowest BCUT2D eigenvalue weighted by Crippen LogP contribution is -2.50. The van der Waals surface area contributed by atoms with Crippen molar-refractivity contribution in [2.75, 3.05) is 24.5 Å². The quantitative estimate of drug-likeness (QED) is 0.612. The number of amides is 1. The number of rotatable bonds is 1. The molecule has 1 amide bonds. The van der Waals surface area contributed by atoms with E-state index in [0.29, 0.717) is 6.04 Å². The molecule has 0 N–H and O–H groups in total. The van der Waals surface area contributed by atoms with Crippen LogP contribution in [0.1, 0.15) is 59.4 Å². The lowest BCUT2D eigenvalue weighted by molar-refractivity contribution is 0.0204. The van der Waals surface area contributed by atoms with Gasteiger partial charge in [0.1, 0.15) is 5.60 Å². The summed E-state index contributed by atoms with van der Waals surface area (Å²) in [5, 5.41) is 0. The molecule has 0 aromatic heterocycles. The van der Waals surface area contributed by atoms with Gasteiger partial charge in [0.15, 0.2) is 0 Å². The Morgan fingerprint density at radius 1 is 1.19 bits per heavy atom. The molecule has 144 valence electrons. The van der Waals surface area contributed by atoms with E-state index in [9.17, 15) is 4.79 Å². The second-order valence-corrected chi connectivity index (χ2v) is 10.1. The number of benzene rings is 1. The van der Waals surface area contributed by atoms with Crippen molar-refractivity contribution in [1.29, 1.82) is 0 Å². The molecule has 0 aliphatic carbocycles. The first-order valence-electron chi connectivity index (χ1n) is 9.61. The van der Waals surface area contributed by atoms with E-state index in [-0.39, 0.29) is 11.5 Å². The molecule has 2 aliphatic heterocycles. The first-order valence-corrected chi connectivity index (χ1v) is 10.4. The highest BCUT2D eigenvalue weighted by Gasteiger charge is 2.36. The standard InChI is InChI=1S/C21H31BrN2O2/c1-20(2,3)26-19(25)23-11-8-16(9-12-23)24-13-10-21(4,5)17-14-15(22)6-7-18(17)24/h6-7,14,16H,8-13H2,1-5H3. The van der Waals surface area contributed by atoms with Crippen molar-refractivity contribution in [2.24, 2.45) is 0 Å². The van der Waals surface area contributed by atoms with Gasteiger partial charge in [-0.05, 0) is 69.2 Å². The van der Waals surface area contributed by atoms with E-state index in [4.69, 9.17) is 4.74 Å². The molecule has 5 heteroatoms. The largest absolute Gasteiger partial charge is 0.444 e. The fourth-order valence-electron chi connectivity index (χ4n) is 4.02. The third-order valence-corrected chi connectivity index (χ3v) is 6.03. The summed E-state index contributed by atoms with van der Waals surface area (Å²) in [4.78, 5) is 16.7. The molecule has 0 atom stereocenters. The molecule has 0 unspecified atom stereocenters. The van der Waals surface area contributed by atoms with E-state index in [1.165, 1.54) is 11.3 Å². The van der Waals surface area contributed by atoms with Crippen LogP contribution in [0.15, 0.2) is 22.7 Å². The molecule has 0 radical (unpaired) electrons. The zero-order chi connectivity index (χ0) is 19.1. The van der Waals surface area contributed by atoms with Gasteiger partial charge in [-0.1, -0.05) is 29.8 Å². The van der Waals surface area contributed by atoms with E-state index in [1.807, 2.05) is 25.7 Å². The van der Waals surface area contributed by atoms with Gasteiger partial charge in [-0.15, -0.1) is 0 Å². The van der Waals surface area contributed by atoms with Crippen LogP contribution in [0.2, 0.25) is 0 Å². The molecule has 4 nitrogen and oxygen atoms in total. The van der Waals surface area contributed by atoms with Crippen LogP contribution in [-0.2, 0) is 10.2 Å². The Kier molecular flexibility index (Phi) is 5.31. The van der Waals surface area contributed by atoms with Gasteiger partial charge in [0.25, 0.3) is 0 Å². The van der Waals surface area contributed by atoms with Gasteiger partial charge in [0.05, 0.1) is 0 Å². The molecular weight excluding hydrogens is 392 g/mol.